The number of nitrogens with zero attached hydrogens (tertiary/aromatic N) is 6. The number of nitrogens with one attached hydrogen (secondary N) is 1. The molecule has 0 saturated heterocycles. The van der Waals surface area contributed by atoms with Gasteiger partial charge in [0.05, 0.1) is 0 Å². The van der Waals surface area contributed by atoms with Crippen LogP contribution in [0.3, 0.4) is 0 Å². The van der Waals surface area contributed by atoms with Crippen LogP contribution in [0.25, 0.3) is 11.6 Å². The molecular weight excluding hydrogens is 298 g/mol. The van der Waals surface area contributed by atoms with Gasteiger partial charge in [-0.2, -0.15) is 10.2 Å². The summed E-state index contributed by atoms with van der Waals surface area (Å²) in [5, 5.41) is 18.7. The van der Waals surface area contributed by atoms with Crippen molar-refractivity contribution in [1.29, 1.82) is 0 Å². The Morgan fingerprint density at radius 3 is 2.87 bits per heavy atom. The van der Waals surface area contributed by atoms with E-state index in [1.165, 1.54) is 0 Å². The summed E-state index contributed by atoms with van der Waals surface area (Å²) in [4.78, 5) is 12.1. The van der Waals surface area contributed by atoms with Crippen LogP contribution in [0.5, 0.6) is 0 Å². The summed E-state index contributed by atoms with van der Waals surface area (Å²) in [6.45, 7) is 6.63. The van der Waals surface area contributed by atoms with Crippen LogP contribution < -0.4 is 5.32 Å². The number of hydrogen-bond donors (Lipinski definition) is 1. The zero-order valence-corrected chi connectivity index (χ0v) is 13.1. The van der Waals surface area contributed by atoms with Gasteiger partial charge in [-0.1, -0.05) is 5.10 Å². The minimum Gasteiger partial charge on any atom is -0.401 e. The second-order valence-electron chi connectivity index (χ2n) is 5.18. The Hall–Kier alpha value is -2.97. The van der Waals surface area contributed by atoms with Crippen molar-refractivity contribution in [2.45, 2.75) is 33.4 Å². The number of aryl methyl sites for hydroxylation is 1. The van der Waals surface area contributed by atoms with Crippen LogP contribution in [0.1, 0.15) is 37.3 Å². The molecule has 9 heteroatoms. The molecule has 0 unspecified atom stereocenters. The predicted octanol–water partition coefficient (Wildman–Crippen LogP) is 1.98. The SMILES string of the molecule is CCn1ccc(C(=O)Nc2nnc(-c3ccnn3C(C)C)o2)n1. The lowest BCUT2D eigenvalue weighted by molar-refractivity contribution is 0.101. The normalized spacial score (nSPS) is 11.1. The topological polar surface area (TPSA) is 104 Å². The zero-order valence-electron chi connectivity index (χ0n) is 13.1. The molecule has 0 spiro atoms. The number of rotatable bonds is 5. The molecule has 1 N–H and O–H groups in total. The second-order valence-corrected chi connectivity index (χ2v) is 5.18. The molecular formula is C14H17N7O2. The summed E-state index contributed by atoms with van der Waals surface area (Å²) in [6, 6.07) is 3.59. The largest absolute Gasteiger partial charge is 0.401 e. The van der Waals surface area contributed by atoms with Gasteiger partial charge in [-0.05, 0) is 32.9 Å². The maximum Gasteiger partial charge on any atom is 0.322 e. The summed E-state index contributed by atoms with van der Waals surface area (Å²) in [5.74, 6) is -0.102. The molecule has 23 heavy (non-hydrogen) atoms. The average molecular weight is 315 g/mol. The monoisotopic (exact) mass is 315 g/mol. The molecule has 120 valence electrons. The molecule has 0 aliphatic rings. The van der Waals surface area contributed by atoms with E-state index in [0.29, 0.717) is 23.8 Å². The van der Waals surface area contributed by atoms with E-state index in [1.54, 1.807) is 33.9 Å². The molecule has 0 radical (unpaired) electrons. The minimum atomic E-state index is -0.398. The van der Waals surface area contributed by atoms with Crippen LogP contribution in [0, 0.1) is 0 Å². The highest BCUT2D eigenvalue weighted by Crippen LogP contribution is 2.22. The van der Waals surface area contributed by atoms with Gasteiger partial charge in [0.25, 0.3) is 11.8 Å². The molecule has 3 rings (SSSR count). The first-order valence-corrected chi connectivity index (χ1v) is 7.30. The molecule has 9 nitrogen and oxygen atoms in total. The molecule has 0 aliphatic heterocycles. The number of hydrogen-bond acceptors (Lipinski definition) is 6. The molecule has 3 heterocycles. The van der Waals surface area contributed by atoms with Gasteiger partial charge in [0, 0.05) is 25.0 Å². The summed E-state index contributed by atoms with van der Waals surface area (Å²) in [7, 11) is 0. The van der Waals surface area contributed by atoms with E-state index < -0.39 is 5.91 Å². The fourth-order valence-corrected chi connectivity index (χ4v) is 2.09. The zero-order chi connectivity index (χ0) is 16.4. The van der Waals surface area contributed by atoms with E-state index >= 15 is 0 Å². The Kier molecular flexibility index (Phi) is 3.92. The predicted molar refractivity (Wildman–Crippen MR) is 81.8 cm³/mol. The maximum absolute atomic E-state index is 12.1. The van der Waals surface area contributed by atoms with E-state index in [2.05, 4.69) is 25.7 Å². The van der Waals surface area contributed by atoms with Crippen molar-refractivity contribution in [3.63, 3.8) is 0 Å². The molecule has 0 bridgehead atoms. The van der Waals surface area contributed by atoms with E-state index in [0.717, 1.165) is 0 Å². The van der Waals surface area contributed by atoms with Gasteiger partial charge in [0.2, 0.25) is 0 Å². The number of carbonyl (C=O) groups is 1. The van der Waals surface area contributed by atoms with Crippen LogP contribution in [-0.4, -0.2) is 35.7 Å². The van der Waals surface area contributed by atoms with Crippen LogP contribution in [0.4, 0.5) is 6.01 Å². The second kappa shape index (κ2) is 6.03. The molecule has 0 aromatic carbocycles. The quantitative estimate of drug-likeness (QED) is 0.772. The molecule has 1 amide bonds. The van der Waals surface area contributed by atoms with Crippen molar-refractivity contribution in [2.24, 2.45) is 0 Å². The van der Waals surface area contributed by atoms with Gasteiger partial charge in [-0.15, -0.1) is 5.10 Å². The maximum atomic E-state index is 12.1. The lowest BCUT2D eigenvalue weighted by Crippen LogP contribution is -2.13. The first-order chi connectivity index (χ1) is 11.1. The molecule has 0 saturated carbocycles. The first kappa shape index (κ1) is 14.9. The van der Waals surface area contributed by atoms with Gasteiger partial charge in [0.1, 0.15) is 5.69 Å². The smallest absolute Gasteiger partial charge is 0.322 e. The molecule has 3 aromatic heterocycles. The van der Waals surface area contributed by atoms with Crippen LogP contribution in [0.15, 0.2) is 28.9 Å². The Bertz CT molecular complexity index is 815. The van der Waals surface area contributed by atoms with Gasteiger partial charge in [0.15, 0.2) is 5.69 Å². The van der Waals surface area contributed by atoms with E-state index in [9.17, 15) is 4.79 Å². The van der Waals surface area contributed by atoms with E-state index in [1.807, 2.05) is 20.8 Å². The molecule has 3 aromatic rings. The Morgan fingerprint density at radius 1 is 1.35 bits per heavy atom. The lowest BCUT2D eigenvalue weighted by Gasteiger charge is -2.07. The number of anilines is 1. The first-order valence-electron chi connectivity index (χ1n) is 7.30. The van der Waals surface area contributed by atoms with Crippen molar-refractivity contribution >= 4 is 11.9 Å². The third-order valence-corrected chi connectivity index (χ3v) is 3.22. The third kappa shape index (κ3) is 2.98. The van der Waals surface area contributed by atoms with Gasteiger partial charge in [-0.25, -0.2) is 0 Å². The van der Waals surface area contributed by atoms with Crippen molar-refractivity contribution in [2.75, 3.05) is 5.32 Å². The lowest BCUT2D eigenvalue weighted by atomic mass is 10.3. The third-order valence-electron chi connectivity index (χ3n) is 3.22. The van der Waals surface area contributed by atoms with Gasteiger partial charge < -0.3 is 4.42 Å². The summed E-state index contributed by atoms with van der Waals surface area (Å²) < 4.78 is 8.92. The van der Waals surface area contributed by atoms with E-state index in [-0.39, 0.29) is 12.1 Å². The molecule has 0 aliphatic carbocycles. The van der Waals surface area contributed by atoms with Gasteiger partial charge in [-0.3, -0.25) is 19.5 Å². The van der Waals surface area contributed by atoms with Crippen molar-refractivity contribution in [3.8, 4) is 11.6 Å². The standard InChI is InChI=1S/C14H17N7O2/c1-4-20-8-6-10(19-20)12(22)16-14-18-17-13(23-14)11-5-7-15-21(11)9(2)3/h5-9H,4H2,1-3H3,(H,16,18,22). The fraction of sp³-hybridized carbons (Fsp3) is 0.357. The highest BCUT2D eigenvalue weighted by Gasteiger charge is 2.17. The van der Waals surface area contributed by atoms with Crippen LogP contribution >= 0.6 is 0 Å². The number of aromatic nitrogens is 6. The fourth-order valence-electron chi connectivity index (χ4n) is 2.09. The average Bonchev–Trinajstić information content (AvgIpc) is 3.26. The summed E-state index contributed by atoms with van der Waals surface area (Å²) >= 11 is 0. The Balaban J connectivity index is 1.77. The van der Waals surface area contributed by atoms with E-state index in [4.69, 9.17) is 4.42 Å². The van der Waals surface area contributed by atoms with Crippen molar-refractivity contribution in [3.05, 3.63) is 30.2 Å². The number of amides is 1. The Morgan fingerprint density at radius 2 is 2.17 bits per heavy atom. The summed E-state index contributed by atoms with van der Waals surface area (Å²) in [5.41, 5.74) is 0.988. The minimum absolute atomic E-state index is 0.0209. The molecule has 0 fully saturated rings. The van der Waals surface area contributed by atoms with Crippen molar-refractivity contribution in [1.82, 2.24) is 29.8 Å². The summed E-state index contributed by atoms with van der Waals surface area (Å²) in [6.07, 6.45) is 3.39. The highest BCUT2D eigenvalue weighted by molar-refractivity contribution is 6.01. The Labute approximate surface area is 132 Å². The van der Waals surface area contributed by atoms with Gasteiger partial charge >= 0.3 is 6.01 Å². The number of carbonyl (C=O) groups excluding carboxylic acids is 1. The highest BCUT2D eigenvalue weighted by atomic mass is 16.4. The van der Waals surface area contributed by atoms with Crippen molar-refractivity contribution < 1.29 is 9.21 Å². The molecule has 0 atom stereocenters. The van der Waals surface area contributed by atoms with Crippen LogP contribution in [0.2, 0.25) is 0 Å². The van der Waals surface area contributed by atoms with Crippen LogP contribution in [-0.2, 0) is 6.54 Å².